The third kappa shape index (κ3) is 2.44. The van der Waals surface area contributed by atoms with Gasteiger partial charge in [0.1, 0.15) is 5.82 Å². The van der Waals surface area contributed by atoms with E-state index >= 15 is 0 Å². The van der Waals surface area contributed by atoms with Crippen LogP contribution in [-0.2, 0) is 0 Å². The van der Waals surface area contributed by atoms with Crippen LogP contribution in [0.5, 0.6) is 0 Å². The van der Waals surface area contributed by atoms with Crippen LogP contribution in [0.1, 0.15) is 16.7 Å². The molecule has 0 aliphatic carbocycles. The first-order valence-corrected chi connectivity index (χ1v) is 11.7. The quantitative estimate of drug-likeness (QED) is 0.275. The van der Waals surface area contributed by atoms with Crippen LogP contribution in [0.4, 0.5) is 0 Å². The van der Waals surface area contributed by atoms with Crippen LogP contribution < -0.4 is 0 Å². The number of para-hydroxylation sites is 1. The van der Waals surface area contributed by atoms with Gasteiger partial charge in [0.05, 0.1) is 15.1 Å². The molecule has 3 heterocycles. The van der Waals surface area contributed by atoms with E-state index in [1.165, 1.54) is 57.5 Å². The predicted molar refractivity (Wildman–Crippen MR) is 131 cm³/mol. The molecule has 3 aromatic carbocycles. The van der Waals surface area contributed by atoms with E-state index in [4.69, 9.17) is 4.98 Å². The molecule has 0 aliphatic heterocycles. The van der Waals surface area contributed by atoms with Crippen molar-refractivity contribution in [3.63, 3.8) is 0 Å². The zero-order valence-corrected chi connectivity index (χ0v) is 18.7. The van der Waals surface area contributed by atoms with Crippen molar-refractivity contribution in [3.05, 3.63) is 83.7 Å². The third-order valence-corrected chi connectivity index (χ3v) is 8.50. The SMILES string of the molecule is Cc1cccc(C)c1-n1ccnc1-c1c(C)ccc2c1sc1c3ccccc3sc21. The Labute approximate surface area is 183 Å². The molecule has 0 spiro atoms. The summed E-state index contributed by atoms with van der Waals surface area (Å²) in [4.78, 5) is 4.85. The molecular formula is C26H20N2S2. The van der Waals surface area contributed by atoms with Crippen LogP contribution in [0.15, 0.2) is 67.0 Å². The summed E-state index contributed by atoms with van der Waals surface area (Å²) in [7, 11) is 0. The summed E-state index contributed by atoms with van der Waals surface area (Å²) in [5.74, 6) is 1.02. The van der Waals surface area contributed by atoms with Crippen LogP contribution in [0.2, 0.25) is 0 Å². The molecule has 0 aliphatic rings. The second-order valence-corrected chi connectivity index (χ2v) is 9.93. The lowest BCUT2D eigenvalue weighted by atomic mass is 10.0. The minimum atomic E-state index is 1.02. The Hall–Kier alpha value is -2.95. The molecule has 0 unspecified atom stereocenters. The van der Waals surface area contributed by atoms with E-state index in [1.54, 1.807) is 0 Å². The Morgan fingerprint density at radius 2 is 1.47 bits per heavy atom. The van der Waals surface area contributed by atoms with Crippen molar-refractivity contribution in [2.75, 3.05) is 0 Å². The molecule has 3 aromatic heterocycles. The lowest BCUT2D eigenvalue weighted by Crippen LogP contribution is -2.02. The average Bonchev–Trinajstić information content (AvgIpc) is 3.42. The lowest BCUT2D eigenvalue weighted by Gasteiger charge is -2.15. The Morgan fingerprint density at radius 3 is 2.30 bits per heavy atom. The van der Waals surface area contributed by atoms with Gasteiger partial charge in [0.25, 0.3) is 0 Å². The molecule has 0 saturated carbocycles. The van der Waals surface area contributed by atoms with E-state index in [0.717, 1.165) is 5.82 Å². The lowest BCUT2D eigenvalue weighted by molar-refractivity contribution is 1.03. The molecule has 0 radical (unpaired) electrons. The zero-order chi connectivity index (χ0) is 20.4. The Kier molecular flexibility index (Phi) is 3.89. The molecule has 0 amide bonds. The number of aryl methyl sites for hydroxylation is 3. The molecule has 30 heavy (non-hydrogen) atoms. The summed E-state index contributed by atoms with van der Waals surface area (Å²) in [6.07, 6.45) is 4.01. The normalized spacial score (nSPS) is 11.8. The minimum absolute atomic E-state index is 1.02. The van der Waals surface area contributed by atoms with Crippen molar-refractivity contribution in [1.29, 1.82) is 0 Å². The number of aromatic nitrogens is 2. The van der Waals surface area contributed by atoms with Crippen molar-refractivity contribution in [3.8, 4) is 17.1 Å². The molecule has 0 N–H and O–H groups in total. The number of thiophene rings is 2. The summed E-state index contributed by atoms with van der Waals surface area (Å²) in [6, 6.07) is 19.7. The van der Waals surface area contributed by atoms with E-state index in [9.17, 15) is 0 Å². The van der Waals surface area contributed by atoms with Gasteiger partial charge in [-0.3, -0.25) is 4.57 Å². The standard InChI is InChI=1S/C26H20N2S2/c1-15-11-12-19-23(30-24-18-9-4-5-10-20(18)29-25(19)24)21(15)26-27-13-14-28(26)22-16(2)7-6-8-17(22)3/h4-14H,1-3H3. The van der Waals surface area contributed by atoms with Crippen molar-refractivity contribution in [2.24, 2.45) is 0 Å². The third-order valence-electron chi connectivity index (χ3n) is 5.91. The Morgan fingerprint density at radius 1 is 0.700 bits per heavy atom. The topological polar surface area (TPSA) is 17.8 Å². The number of rotatable bonds is 2. The first-order chi connectivity index (χ1) is 14.6. The van der Waals surface area contributed by atoms with E-state index in [2.05, 4.69) is 86.1 Å². The van der Waals surface area contributed by atoms with E-state index in [1.807, 2.05) is 28.9 Å². The zero-order valence-electron chi connectivity index (χ0n) is 17.1. The van der Waals surface area contributed by atoms with Crippen molar-refractivity contribution in [1.82, 2.24) is 9.55 Å². The van der Waals surface area contributed by atoms with Gasteiger partial charge in [0.15, 0.2) is 0 Å². The number of fused-ring (bicyclic) bond motifs is 5. The summed E-state index contributed by atoms with van der Waals surface area (Å²) in [5.41, 5.74) is 6.26. The molecule has 0 atom stereocenters. The van der Waals surface area contributed by atoms with Gasteiger partial charge in [-0.15, -0.1) is 22.7 Å². The van der Waals surface area contributed by atoms with Gasteiger partial charge < -0.3 is 0 Å². The van der Waals surface area contributed by atoms with Crippen LogP contribution in [-0.4, -0.2) is 9.55 Å². The maximum atomic E-state index is 4.85. The molecule has 0 bridgehead atoms. The predicted octanol–water partition coefficient (Wildman–Crippen LogP) is 8.05. The number of nitrogens with zero attached hydrogens (tertiary/aromatic N) is 2. The fourth-order valence-electron chi connectivity index (χ4n) is 4.50. The second-order valence-electron chi connectivity index (χ2n) is 7.85. The minimum Gasteiger partial charge on any atom is -0.299 e. The van der Waals surface area contributed by atoms with Crippen LogP contribution in [0.25, 0.3) is 46.6 Å². The molecular weight excluding hydrogens is 404 g/mol. The van der Waals surface area contributed by atoms with Crippen LogP contribution in [0, 0.1) is 20.8 Å². The molecule has 6 rings (SSSR count). The Bertz CT molecular complexity index is 1560. The van der Waals surface area contributed by atoms with Gasteiger partial charge in [-0.2, -0.15) is 0 Å². The van der Waals surface area contributed by atoms with Crippen LogP contribution >= 0.6 is 22.7 Å². The molecule has 4 heteroatoms. The summed E-state index contributed by atoms with van der Waals surface area (Å²) in [6.45, 7) is 6.55. The molecule has 2 nitrogen and oxygen atoms in total. The monoisotopic (exact) mass is 424 g/mol. The second kappa shape index (κ2) is 6.53. The fourth-order valence-corrected chi connectivity index (χ4v) is 7.34. The maximum absolute atomic E-state index is 4.85. The van der Waals surface area contributed by atoms with Gasteiger partial charge in [-0.25, -0.2) is 4.98 Å². The summed E-state index contributed by atoms with van der Waals surface area (Å²) < 4.78 is 7.74. The number of imidazole rings is 1. The van der Waals surface area contributed by atoms with Crippen molar-refractivity contribution >= 4 is 52.2 Å². The number of hydrogen-bond acceptors (Lipinski definition) is 3. The Balaban J connectivity index is 1.69. The van der Waals surface area contributed by atoms with Gasteiger partial charge >= 0.3 is 0 Å². The largest absolute Gasteiger partial charge is 0.299 e. The van der Waals surface area contributed by atoms with Gasteiger partial charge in [-0.1, -0.05) is 48.5 Å². The summed E-state index contributed by atoms with van der Waals surface area (Å²) >= 11 is 3.80. The fraction of sp³-hybridized carbons (Fsp3) is 0.115. The van der Waals surface area contributed by atoms with Crippen molar-refractivity contribution in [2.45, 2.75) is 20.8 Å². The highest BCUT2D eigenvalue weighted by Crippen LogP contribution is 2.47. The molecule has 6 aromatic rings. The van der Waals surface area contributed by atoms with Crippen molar-refractivity contribution < 1.29 is 0 Å². The van der Waals surface area contributed by atoms with E-state index in [0.29, 0.717) is 0 Å². The molecule has 0 saturated heterocycles. The molecule has 0 fully saturated rings. The smallest absolute Gasteiger partial charge is 0.146 e. The van der Waals surface area contributed by atoms with E-state index in [-0.39, 0.29) is 0 Å². The van der Waals surface area contributed by atoms with Gasteiger partial charge in [0.2, 0.25) is 0 Å². The van der Waals surface area contributed by atoms with Crippen LogP contribution in [0.3, 0.4) is 0 Å². The summed E-state index contributed by atoms with van der Waals surface area (Å²) in [5, 5.41) is 2.70. The average molecular weight is 425 g/mol. The van der Waals surface area contributed by atoms with E-state index < -0.39 is 0 Å². The van der Waals surface area contributed by atoms with Gasteiger partial charge in [0, 0.05) is 38.1 Å². The number of benzene rings is 3. The molecule has 146 valence electrons. The first kappa shape index (κ1) is 17.9. The highest BCUT2D eigenvalue weighted by atomic mass is 32.1. The highest BCUT2D eigenvalue weighted by molar-refractivity contribution is 7.36. The van der Waals surface area contributed by atoms with Gasteiger partial charge in [-0.05, 0) is 43.5 Å². The maximum Gasteiger partial charge on any atom is 0.146 e. The highest BCUT2D eigenvalue weighted by Gasteiger charge is 2.20. The number of hydrogen-bond donors (Lipinski definition) is 0. The first-order valence-electron chi connectivity index (χ1n) is 10.1.